The summed E-state index contributed by atoms with van der Waals surface area (Å²) in [4.78, 5) is 16.1. The molecule has 0 spiro atoms. The first-order chi connectivity index (χ1) is 11.2. The standard InChI is InChI=1S/C18H22FN3O/c1-2-3-8-17-20-11-13-22(17)14-12-21-18(23)10-9-15-6-4-5-7-16(15)19/h4-7,9-11,13H,2-3,8,12,14H2,1H3,(H,21,23). The molecule has 1 aromatic heterocycles. The maximum atomic E-state index is 13.4. The topological polar surface area (TPSA) is 46.9 Å². The highest BCUT2D eigenvalue weighted by atomic mass is 19.1. The summed E-state index contributed by atoms with van der Waals surface area (Å²) < 4.78 is 15.5. The first-order valence-corrected chi connectivity index (χ1v) is 7.91. The monoisotopic (exact) mass is 315 g/mol. The van der Waals surface area contributed by atoms with E-state index in [2.05, 4.69) is 21.8 Å². The average molecular weight is 315 g/mol. The molecule has 2 aromatic rings. The van der Waals surface area contributed by atoms with Crippen LogP contribution in [-0.4, -0.2) is 22.0 Å². The van der Waals surface area contributed by atoms with E-state index in [-0.39, 0.29) is 11.7 Å². The van der Waals surface area contributed by atoms with Gasteiger partial charge in [0.2, 0.25) is 5.91 Å². The second-order valence-electron chi connectivity index (χ2n) is 5.29. The Labute approximate surface area is 136 Å². The van der Waals surface area contributed by atoms with Gasteiger partial charge in [0.1, 0.15) is 11.6 Å². The van der Waals surface area contributed by atoms with E-state index in [1.165, 1.54) is 18.2 Å². The summed E-state index contributed by atoms with van der Waals surface area (Å²) in [6.45, 7) is 3.34. The van der Waals surface area contributed by atoms with E-state index < -0.39 is 0 Å². The third-order valence-electron chi connectivity index (χ3n) is 3.53. The molecular formula is C18H22FN3O. The fourth-order valence-corrected chi connectivity index (χ4v) is 2.24. The molecule has 0 bridgehead atoms. The second-order valence-corrected chi connectivity index (χ2v) is 5.29. The Morgan fingerprint density at radius 1 is 1.39 bits per heavy atom. The predicted octanol–water partition coefficient (Wildman–Crippen LogP) is 3.19. The van der Waals surface area contributed by atoms with Gasteiger partial charge in [0.15, 0.2) is 0 Å². The first-order valence-electron chi connectivity index (χ1n) is 7.91. The van der Waals surface area contributed by atoms with Crippen LogP contribution in [0.5, 0.6) is 0 Å². The molecule has 2 rings (SSSR count). The van der Waals surface area contributed by atoms with Crippen molar-refractivity contribution in [1.29, 1.82) is 0 Å². The Morgan fingerprint density at radius 2 is 2.22 bits per heavy atom. The van der Waals surface area contributed by atoms with Crippen molar-refractivity contribution in [3.8, 4) is 0 Å². The number of hydrogen-bond donors (Lipinski definition) is 1. The molecule has 23 heavy (non-hydrogen) atoms. The van der Waals surface area contributed by atoms with Gasteiger partial charge in [-0.15, -0.1) is 0 Å². The highest BCUT2D eigenvalue weighted by molar-refractivity contribution is 5.91. The lowest BCUT2D eigenvalue weighted by atomic mass is 10.2. The molecule has 0 fully saturated rings. The Hall–Kier alpha value is -2.43. The zero-order valence-corrected chi connectivity index (χ0v) is 13.3. The normalized spacial score (nSPS) is 11.0. The molecule has 122 valence electrons. The van der Waals surface area contributed by atoms with Crippen molar-refractivity contribution in [2.24, 2.45) is 0 Å². The van der Waals surface area contributed by atoms with Gasteiger partial charge in [-0.3, -0.25) is 4.79 Å². The number of aromatic nitrogens is 2. The van der Waals surface area contributed by atoms with Crippen molar-refractivity contribution in [1.82, 2.24) is 14.9 Å². The summed E-state index contributed by atoms with van der Waals surface area (Å²) in [6, 6.07) is 6.35. The number of unbranched alkanes of at least 4 members (excludes halogenated alkanes) is 1. The van der Waals surface area contributed by atoms with Crippen molar-refractivity contribution in [2.45, 2.75) is 32.7 Å². The van der Waals surface area contributed by atoms with Crippen LogP contribution >= 0.6 is 0 Å². The summed E-state index contributed by atoms with van der Waals surface area (Å²) >= 11 is 0. The SMILES string of the molecule is CCCCc1nccn1CCNC(=O)C=Cc1ccccc1F. The Morgan fingerprint density at radius 3 is 3.00 bits per heavy atom. The van der Waals surface area contributed by atoms with Crippen LogP contribution in [0.25, 0.3) is 6.08 Å². The van der Waals surface area contributed by atoms with Crippen LogP contribution in [0, 0.1) is 5.82 Å². The molecule has 0 saturated carbocycles. The molecule has 4 nitrogen and oxygen atoms in total. The molecule has 0 aliphatic heterocycles. The maximum Gasteiger partial charge on any atom is 0.244 e. The molecule has 5 heteroatoms. The van der Waals surface area contributed by atoms with Gasteiger partial charge < -0.3 is 9.88 Å². The number of carbonyl (C=O) groups is 1. The van der Waals surface area contributed by atoms with E-state index in [0.29, 0.717) is 18.7 Å². The Kier molecular flexibility index (Phi) is 6.54. The average Bonchev–Trinajstić information content (AvgIpc) is 2.99. The smallest absolute Gasteiger partial charge is 0.244 e. The van der Waals surface area contributed by atoms with Gasteiger partial charge in [0.05, 0.1) is 0 Å². The molecular weight excluding hydrogens is 293 g/mol. The number of rotatable bonds is 8. The van der Waals surface area contributed by atoms with Crippen molar-refractivity contribution >= 4 is 12.0 Å². The summed E-state index contributed by atoms with van der Waals surface area (Å²) in [5.74, 6) is 0.474. The number of benzene rings is 1. The van der Waals surface area contributed by atoms with Gasteiger partial charge in [-0.05, 0) is 18.6 Å². The molecule has 0 saturated heterocycles. The molecule has 1 N–H and O–H groups in total. The third kappa shape index (κ3) is 5.36. The molecule has 0 aliphatic rings. The number of amides is 1. The van der Waals surface area contributed by atoms with Crippen molar-refractivity contribution < 1.29 is 9.18 Å². The van der Waals surface area contributed by atoms with E-state index >= 15 is 0 Å². The van der Waals surface area contributed by atoms with Gasteiger partial charge in [-0.1, -0.05) is 31.5 Å². The van der Waals surface area contributed by atoms with E-state index in [1.54, 1.807) is 24.4 Å². The Balaban J connectivity index is 1.79. The highest BCUT2D eigenvalue weighted by Crippen LogP contribution is 2.07. The fraction of sp³-hybridized carbons (Fsp3) is 0.333. The summed E-state index contributed by atoms with van der Waals surface area (Å²) in [5.41, 5.74) is 0.402. The minimum absolute atomic E-state index is 0.233. The van der Waals surface area contributed by atoms with Crippen LogP contribution in [0.3, 0.4) is 0 Å². The van der Waals surface area contributed by atoms with Gasteiger partial charge in [0, 0.05) is 43.5 Å². The zero-order chi connectivity index (χ0) is 16.5. The van der Waals surface area contributed by atoms with E-state index in [4.69, 9.17) is 0 Å². The summed E-state index contributed by atoms with van der Waals surface area (Å²) in [7, 11) is 0. The van der Waals surface area contributed by atoms with Gasteiger partial charge in [-0.25, -0.2) is 9.37 Å². The first kappa shape index (κ1) is 16.9. The number of carbonyl (C=O) groups excluding carboxylic acids is 1. The predicted molar refractivity (Wildman–Crippen MR) is 89.3 cm³/mol. The summed E-state index contributed by atoms with van der Waals surface area (Å²) in [6.07, 6.45) is 9.72. The molecule has 1 aromatic carbocycles. The van der Waals surface area contributed by atoms with Crippen LogP contribution in [0.15, 0.2) is 42.7 Å². The number of hydrogen-bond acceptors (Lipinski definition) is 2. The van der Waals surface area contributed by atoms with Gasteiger partial charge >= 0.3 is 0 Å². The van der Waals surface area contributed by atoms with E-state index in [0.717, 1.165) is 25.1 Å². The van der Waals surface area contributed by atoms with E-state index in [1.807, 2.05) is 6.20 Å². The largest absolute Gasteiger partial charge is 0.351 e. The minimum atomic E-state index is -0.337. The molecule has 1 amide bonds. The minimum Gasteiger partial charge on any atom is -0.351 e. The number of nitrogens with zero attached hydrogens (tertiary/aromatic N) is 2. The van der Waals surface area contributed by atoms with Crippen molar-refractivity contribution in [3.05, 3.63) is 59.9 Å². The lowest BCUT2D eigenvalue weighted by molar-refractivity contribution is -0.116. The number of imidazole rings is 1. The van der Waals surface area contributed by atoms with Crippen LogP contribution < -0.4 is 5.32 Å². The zero-order valence-electron chi connectivity index (χ0n) is 13.3. The fourth-order valence-electron chi connectivity index (χ4n) is 2.24. The van der Waals surface area contributed by atoms with Crippen LogP contribution in [0.2, 0.25) is 0 Å². The molecule has 0 unspecified atom stereocenters. The van der Waals surface area contributed by atoms with Crippen molar-refractivity contribution in [3.63, 3.8) is 0 Å². The lowest BCUT2D eigenvalue weighted by Crippen LogP contribution is -2.25. The number of aryl methyl sites for hydroxylation is 1. The van der Waals surface area contributed by atoms with Crippen LogP contribution in [0.4, 0.5) is 4.39 Å². The van der Waals surface area contributed by atoms with Crippen LogP contribution in [0.1, 0.15) is 31.2 Å². The van der Waals surface area contributed by atoms with Crippen molar-refractivity contribution in [2.75, 3.05) is 6.54 Å². The highest BCUT2D eigenvalue weighted by Gasteiger charge is 2.03. The molecule has 0 atom stereocenters. The molecule has 0 aliphatic carbocycles. The van der Waals surface area contributed by atoms with Gasteiger partial charge in [-0.2, -0.15) is 0 Å². The second kappa shape index (κ2) is 8.88. The van der Waals surface area contributed by atoms with E-state index in [9.17, 15) is 9.18 Å². The lowest BCUT2D eigenvalue weighted by Gasteiger charge is -2.07. The van der Waals surface area contributed by atoms with Gasteiger partial charge in [0.25, 0.3) is 0 Å². The number of halogens is 1. The maximum absolute atomic E-state index is 13.4. The molecule has 0 radical (unpaired) electrons. The van der Waals surface area contributed by atoms with Crippen LogP contribution in [-0.2, 0) is 17.8 Å². The Bertz CT molecular complexity index is 664. The molecule has 1 heterocycles. The summed E-state index contributed by atoms with van der Waals surface area (Å²) in [5, 5.41) is 2.80. The third-order valence-corrected chi connectivity index (χ3v) is 3.53. The quantitative estimate of drug-likeness (QED) is 0.761. The number of nitrogens with one attached hydrogen (secondary N) is 1.